The molecule has 2 aliphatic rings. The van der Waals surface area contributed by atoms with E-state index in [1.165, 1.54) is 0 Å². The Hall–Kier alpha value is -3.48. The summed E-state index contributed by atoms with van der Waals surface area (Å²) in [6.45, 7) is 5.68. The molecule has 3 aromatic rings. The molecule has 2 aromatic carbocycles. The third-order valence-corrected chi connectivity index (χ3v) is 5.54. The van der Waals surface area contributed by atoms with E-state index in [4.69, 9.17) is 23.9 Å². The molecular formula is C24H24N2O5. The summed E-state index contributed by atoms with van der Waals surface area (Å²) >= 11 is 0. The Kier molecular flexibility index (Phi) is 4.61. The van der Waals surface area contributed by atoms with Crippen molar-refractivity contribution in [2.75, 3.05) is 13.9 Å². The zero-order valence-corrected chi connectivity index (χ0v) is 18.0. The van der Waals surface area contributed by atoms with Crippen LogP contribution in [-0.2, 0) is 12.8 Å². The molecule has 0 fully saturated rings. The minimum atomic E-state index is -0.0599. The number of benzene rings is 2. The van der Waals surface area contributed by atoms with Crippen molar-refractivity contribution in [2.24, 2.45) is 0 Å². The van der Waals surface area contributed by atoms with Crippen LogP contribution in [0.4, 0.5) is 0 Å². The molecule has 0 spiro atoms. The minimum absolute atomic E-state index is 0.00649. The van der Waals surface area contributed by atoms with Crippen LogP contribution < -0.4 is 18.9 Å². The molecule has 7 nitrogen and oxygen atoms in total. The van der Waals surface area contributed by atoms with Crippen molar-refractivity contribution in [3.63, 3.8) is 0 Å². The highest BCUT2D eigenvalue weighted by Crippen LogP contribution is 2.44. The first-order valence-electron chi connectivity index (χ1n) is 10.4. The number of ether oxygens (including phenoxy) is 4. The quantitative estimate of drug-likeness (QED) is 0.571. The van der Waals surface area contributed by atoms with E-state index in [-0.39, 0.29) is 18.7 Å². The molecule has 0 saturated heterocycles. The number of hydrogen-bond donors (Lipinski definition) is 0. The fourth-order valence-corrected chi connectivity index (χ4v) is 4.27. The van der Waals surface area contributed by atoms with Gasteiger partial charge in [0.1, 0.15) is 11.5 Å². The van der Waals surface area contributed by atoms with Gasteiger partial charge in [-0.15, -0.1) is 0 Å². The van der Waals surface area contributed by atoms with E-state index in [0.717, 1.165) is 28.9 Å². The van der Waals surface area contributed by atoms with Crippen LogP contribution in [0.5, 0.6) is 23.0 Å². The summed E-state index contributed by atoms with van der Waals surface area (Å²) in [4.78, 5) is 17.2. The highest BCUT2D eigenvalue weighted by Gasteiger charge is 2.31. The molecule has 0 N–H and O–H groups in total. The summed E-state index contributed by atoms with van der Waals surface area (Å²) in [5, 5.41) is 0. The van der Waals surface area contributed by atoms with Gasteiger partial charge in [0.2, 0.25) is 6.79 Å². The van der Waals surface area contributed by atoms with Gasteiger partial charge in [0.15, 0.2) is 28.8 Å². The number of rotatable bonds is 5. The molecule has 0 bridgehead atoms. The first-order chi connectivity index (χ1) is 15.0. The molecule has 5 rings (SSSR count). The second kappa shape index (κ2) is 7.34. The van der Waals surface area contributed by atoms with Crippen LogP contribution >= 0.6 is 0 Å². The first-order valence-corrected chi connectivity index (χ1v) is 10.4. The lowest BCUT2D eigenvalue weighted by molar-refractivity contribution is 0.101. The Morgan fingerprint density at radius 1 is 1.16 bits per heavy atom. The van der Waals surface area contributed by atoms with Crippen LogP contribution in [0.25, 0.3) is 17.1 Å². The SMILES string of the molecule is COc1cc2c(cc1OC(C)C)-n1c(-c3cccc4c3OCO4)nc(C(C)=O)c1CC2. The van der Waals surface area contributed by atoms with Gasteiger partial charge in [0.25, 0.3) is 0 Å². The number of methoxy groups -OCH3 is 1. The van der Waals surface area contributed by atoms with E-state index in [1.807, 2.05) is 44.2 Å². The van der Waals surface area contributed by atoms with Crippen molar-refractivity contribution < 1.29 is 23.7 Å². The molecule has 160 valence electrons. The van der Waals surface area contributed by atoms with Crippen molar-refractivity contribution in [1.29, 1.82) is 0 Å². The second-order valence-corrected chi connectivity index (χ2v) is 7.96. The van der Waals surface area contributed by atoms with Crippen molar-refractivity contribution in [3.05, 3.63) is 47.3 Å². The molecule has 0 amide bonds. The highest BCUT2D eigenvalue weighted by atomic mass is 16.7. The molecule has 0 atom stereocenters. The van der Waals surface area contributed by atoms with Gasteiger partial charge in [0, 0.05) is 13.0 Å². The first kappa shape index (κ1) is 19.5. The summed E-state index contributed by atoms with van der Waals surface area (Å²) in [5.41, 5.74) is 4.22. The van der Waals surface area contributed by atoms with Gasteiger partial charge in [-0.1, -0.05) is 6.07 Å². The Bertz CT molecular complexity index is 1200. The Balaban J connectivity index is 1.78. The maximum atomic E-state index is 12.4. The van der Waals surface area contributed by atoms with E-state index < -0.39 is 0 Å². The van der Waals surface area contributed by atoms with Crippen LogP contribution in [0.2, 0.25) is 0 Å². The number of nitrogens with zero attached hydrogens (tertiary/aromatic N) is 2. The molecule has 31 heavy (non-hydrogen) atoms. The van der Waals surface area contributed by atoms with E-state index in [0.29, 0.717) is 40.9 Å². The predicted octanol–water partition coefficient (Wildman–Crippen LogP) is 4.37. The average Bonchev–Trinajstić information content (AvgIpc) is 3.37. The number of Topliss-reactive ketones (excluding diaryl/α,β-unsaturated/α-hetero) is 1. The number of carbonyl (C=O) groups excluding carboxylic acids is 1. The third kappa shape index (κ3) is 3.12. The lowest BCUT2D eigenvalue weighted by atomic mass is 9.98. The Labute approximate surface area is 180 Å². The van der Waals surface area contributed by atoms with Crippen LogP contribution in [0.15, 0.2) is 30.3 Å². The summed E-state index contributed by atoms with van der Waals surface area (Å²) in [6.07, 6.45) is 1.48. The lowest BCUT2D eigenvalue weighted by Gasteiger charge is -2.24. The Morgan fingerprint density at radius 2 is 2.00 bits per heavy atom. The summed E-state index contributed by atoms with van der Waals surface area (Å²) in [6, 6.07) is 9.71. The minimum Gasteiger partial charge on any atom is -0.493 e. The van der Waals surface area contributed by atoms with Gasteiger partial charge in [0.05, 0.1) is 30.2 Å². The number of ketones is 1. The average molecular weight is 420 g/mol. The van der Waals surface area contributed by atoms with Crippen molar-refractivity contribution in [1.82, 2.24) is 9.55 Å². The molecule has 0 unspecified atom stereocenters. The van der Waals surface area contributed by atoms with Gasteiger partial charge in [-0.05, 0) is 50.5 Å². The molecule has 3 heterocycles. The van der Waals surface area contributed by atoms with E-state index in [1.54, 1.807) is 14.0 Å². The molecule has 1 aromatic heterocycles. The number of fused-ring (bicyclic) bond motifs is 4. The number of para-hydroxylation sites is 1. The van der Waals surface area contributed by atoms with Crippen molar-refractivity contribution >= 4 is 5.78 Å². The standard InChI is InChI=1S/C24H24N2O5/c1-13(2)31-21-11-18-15(10-20(21)28-4)8-9-17-22(14(3)27)25-24(26(17)18)16-6-5-7-19-23(16)30-12-29-19/h5-7,10-11,13H,8-9,12H2,1-4H3. The molecule has 7 heteroatoms. The number of carbonyl (C=O) groups is 1. The van der Waals surface area contributed by atoms with Gasteiger partial charge in [-0.25, -0.2) is 4.98 Å². The maximum Gasteiger partial charge on any atom is 0.231 e. The molecule has 0 radical (unpaired) electrons. The van der Waals surface area contributed by atoms with Gasteiger partial charge in [-0.3, -0.25) is 9.36 Å². The smallest absolute Gasteiger partial charge is 0.231 e. The van der Waals surface area contributed by atoms with Crippen LogP contribution in [-0.4, -0.2) is 35.3 Å². The highest BCUT2D eigenvalue weighted by molar-refractivity contribution is 5.95. The number of imidazole rings is 1. The monoisotopic (exact) mass is 420 g/mol. The molecular weight excluding hydrogens is 396 g/mol. The summed E-state index contributed by atoms with van der Waals surface area (Å²) in [7, 11) is 1.64. The predicted molar refractivity (Wildman–Crippen MR) is 115 cm³/mol. The summed E-state index contributed by atoms with van der Waals surface area (Å²) in [5.74, 6) is 3.27. The normalized spacial score (nSPS) is 13.7. The Morgan fingerprint density at radius 3 is 2.74 bits per heavy atom. The van der Waals surface area contributed by atoms with Crippen LogP contribution in [0.3, 0.4) is 0 Å². The van der Waals surface area contributed by atoms with Crippen molar-refractivity contribution in [3.8, 4) is 40.1 Å². The fourth-order valence-electron chi connectivity index (χ4n) is 4.27. The van der Waals surface area contributed by atoms with E-state index in [9.17, 15) is 4.79 Å². The molecule has 0 aliphatic carbocycles. The fraction of sp³-hybridized carbons (Fsp3) is 0.333. The number of aryl methyl sites for hydroxylation is 1. The topological polar surface area (TPSA) is 71.8 Å². The van der Waals surface area contributed by atoms with Gasteiger partial charge < -0.3 is 18.9 Å². The second-order valence-electron chi connectivity index (χ2n) is 7.96. The van der Waals surface area contributed by atoms with Gasteiger partial charge in [-0.2, -0.15) is 0 Å². The van der Waals surface area contributed by atoms with Crippen LogP contribution in [0.1, 0.15) is 42.5 Å². The molecule has 2 aliphatic heterocycles. The van der Waals surface area contributed by atoms with E-state index >= 15 is 0 Å². The third-order valence-electron chi connectivity index (χ3n) is 5.54. The largest absolute Gasteiger partial charge is 0.493 e. The lowest BCUT2D eigenvalue weighted by Crippen LogP contribution is -2.16. The number of hydrogen-bond acceptors (Lipinski definition) is 6. The van der Waals surface area contributed by atoms with Crippen molar-refractivity contribution in [2.45, 2.75) is 39.7 Å². The molecule has 0 saturated carbocycles. The number of aromatic nitrogens is 2. The van der Waals surface area contributed by atoms with Gasteiger partial charge >= 0.3 is 0 Å². The zero-order valence-electron chi connectivity index (χ0n) is 18.0. The van der Waals surface area contributed by atoms with Crippen LogP contribution in [0, 0.1) is 0 Å². The maximum absolute atomic E-state index is 12.4. The zero-order chi connectivity index (χ0) is 21.7. The van der Waals surface area contributed by atoms with E-state index in [2.05, 4.69) is 4.57 Å². The summed E-state index contributed by atoms with van der Waals surface area (Å²) < 4.78 is 25.0.